The molecule has 0 bridgehead atoms. The van der Waals surface area contributed by atoms with Gasteiger partial charge in [0.15, 0.2) is 0 Å². The van der Waals surface area contributed by atoms with Crippen LogP contribution in [-0.2, 0) is 4.74 Å². The van der Waals surface area contributed by atoms with Crippen LogP contribution < -0.4 is 4.74 Å². The van der Waals surface area contributed by atoms with Crippen molar-refractivity contribution in [1.82, 2.24) is 9.97 Å². The molecule has 4 nitrogen and oxygen atoms in total. The Morgan fingerprint density at radius 3 is 3.11 bits per heavy atom. The van der Waals surface area contributed by atoms with Crippen LogP contribution in [0.15, 0.2) is 36.8 Å². The van der Waals surface area contributed by atoms with Gasteiger partial charge in [-0.2, -0.15) is 0 Å². The molecule has 2 heterocycles. The monoisotopic (exact) mass is 258 g/mol. The van der Waals surface area contributed by atoms with E-state index < -0.39 is 0 Å². The molecule has 1 aromatic heterocycles. The predicted octanol–water partition coefficient (Wildman–Crippen LogP) is 3.02. The van der Waals surface area contributed by atoms with Crippen molar-refractivity contribution in [2.75, 3.05) is 13.2 Å². The summed E-state index contributed by atoms with van der Waals surface area (Å²) in [7, 11) is 0. The maximum Gasteiger partial charge on any atom is 0.128 e. The Morgan fingerprint density at radius 2 is 2.32 bits per heavy atom. The van der Waals surface area contributed by atoms with E-state index in [0.29, 0.717) is 12.7 Å². The highest BCUT2D eigenvalue weighted by molar-refractivity contribution is 5.66. The summed E-state index contributed by atoms with van der Waals surface area (Å²) in [4.78, 5) is 7.16. The van der Waals surface area contributed by atoms with E-state index in [-0.39, 0.29) is 0 Å². The van der Waals surface area contributed by atoms with Crippen molar-refractivity contribution in [1.29, 1.82) is 0 Å². The Morgan fingerprint density at radius 1 is 1.37 bits per heavy atom. The molecular formula is C15H18N2O2. The Bertz CT molecular complexity index is 505. The number of H-pyrrole nitrogens is 1. The lowest BCUT2D eigenvalue weighted by Gasteiger charge is -2.13. The lowest BCUT2D eigenvalue weighted by Crippen LogP contribution is -2.11. The van der Waals surface area contributed by atoms with Crippen LogP contribution in [0.3, 0.4) is 0 Å². The van der Waals surface area contributed by atoms with Gasteiger partial charge in [0.1, 0.15) is 5.75 Å². The molecule has 19 heavy (non-hydrogen) atoms. The van der Waals surface area contributed by atoms with Gasteiger partial charge in [-0.05, 0) is 25.0 Å². The van der Waals surface area contributed by atoms with Gasteiger partial charge in [-0.25, -0.2) is 4.98 Å². The number of para-hydroxylation sites is 1. The van der Waals surface area contributed by atoms with Gasteiger partial charge in [0.2, 0.25) is 0 Å². The van der Waals surface area contributed by atoms with Crippen LogP contribution in [0, 0.1) is 0 Å². The van der Waals surface area contributed by atoms with E-state index >= 15 is 0 Å². The zero-order chi connectivity index (χ0) is 12.9. The van der Waals surface area contributed by atoms with Gasteiger partial charge in [0, 0.05) is 18.6 Å². The highest BCUT2D eigenvalue weighted by atomic mass is 16.5. The van der Waals surface area contributed by atoms with Crippen LogP contribution >= 0.6 is 0 Å². The van der Waals surface area contributed by atoms with Gasteiger partial charge in [0.25, 0.3) is 0 Å². The zero-order valence-electron chi connectivity index (χ0n) is 10.8. The van der Waals surface area contributed by atoms with Crippen molar-refractivity contribution in [3.05, 3.63) is 36.8 Å². The van der Waals surface area contributed by atoms with E-state index in [9.17, 15) is 0 Å². The molecule has 1 aliphatic rings. The van der Waals surface area contributed by atoms with Crippen molar-refractivity contribution in [2.45, 2.75) is 25.4 Å². The molecule has 3 rings (SSSR count). The minimum absolute atomic E-state index is 0.374. The topological polar surface area (TPSA) is 47.1 Å². The van der Waals surface area contributed by atoms with Crippen LogP contribution in [0.4, 0.5) is 0 Å². The van der Waals surface area contributed by atoms with E-state index in [1.54, 1.807) is 6.33 Å². The molecule has 0 amide bonds. The lowest BCUT2D eigenvalue weighted by molar-refractivity contribution is 0.0904. The first-order valence-corrected chi connectivity index (χ1v) is 6.75. The van der Waals surface area contributed by atoms with Gasteiger partial charge in [-0.1, -0.05) is 12.1 Å². The third-order valence-electron chi connectivity index (χ3n) is 3.40. The van der Waals surface area contributed by atoms with E-state index in [1.165, 1.54) is 6.42 Å². The van der Waals surface area contributed by atoms with Gasteiger partial charge >= 0.3 is 0 Å². The summed E-state index contributed by atoms with van der Waals surface area (Å²) in [5.74, 6) is 0.893. The molecule has 0 aliphatic carbocycles. The van der Waals surface area contributed by atoms with Crippen LogP contribution in [-0.4, -0.2) is 29.3 Å². The number of benzene rings is 1. The standard InChI is InChI=1S/C15H18N2O2/c1-2-6-15(13(5-1)14-10-16-11-17-14)19-9-7-12-4-3-8-18-12/h1-2,5-6,10-12H,3-4,7-9H2,(H,16,17). The fraction of sp³-hybridized carbons (Fsp3) is 0.400. The van der Waals surface area contributed by atoms with Crippen LogP contribution in [0.5, 0.6) is 5.75 Å². The molecule has 0 radical (unpaired) electrons. The second kappa shape index (κ2) is 5.89. The smallest absolute Gasteiger partial charge is 0.128 e. The Balaban J connectivity index is 1.64. The first-order valence-electron chi connectivity index (χ1n) is 6.75. The molecule has 1 aliphatic heterocycles. The maximum absolute atomic E-state index is 5.90. The molecule has 1 saturated heterocycles. The van der Waals surface area contributed by atoms with Crippen molar-refractivity contribution >= 4 is 0 Å². The fourth-order valence-corrected chi connectivity index (χ4v) is 2.39. The van der Waals surface area contributed by atoms with E-state index in [4.69, 9.17) is 9.47 Å². The summed E-state index contributed by atoms with van der Waals surface area (Å²) in [6, 6.07) is 8.02. The largest absolute Gasteiger partial charge is 0.493 e. The number of nitrogens with zero attached hydrogens (tertiary/aromatic N) is 1. The normalized spacial score (nSPS) is 18.6. The quantitative estimate of drug-likeness (QED) is 0.896. The minimum atomic E-state index is 0.374. The van der Waals surface area contributed by atoms with Crippen LogP contribution in [0.1, 0.15) is 19.3 Å². The zero-order valence-corrected chi connectivity index (χ0v) is 10.8. The number of nitrogens with one attached hydrogen (secondary N) is 1. The Hall–Kier alpha value is -1.81. The lowest BCUT2D eigenvalue weighted by atomic mass is 10.1. The van der Waals surface area contributed by atoms with Crippen molar-refractivity contribution < 1.29 is 9.47 Å². The molecule has 100 valence electrons. The highest BCUT2D eigenvalue weighted by Gasteiger charge is 2.15. The van der Waals surface area contributed by atoms with E-state index in [1.807, 2.05) is 30.5 Å². The third-order valence-corrected chi connectivity index (χ3v) is 3.40. The first kappa shape index (κ1) is 12.2. The summed E-state index contributed by atoms with van der Waals surface area (Å²) in [5.41, 5.74) is 2.03. The predicted molar refractivity (Wildman–Crippen MR) is 73.1 cm³/mol. The van der Waals surface area contributed by atoms with Crippen LogP contribution in [0.25, 0.3) is 11.3 Å². The number of ether oxygens (including phenoxy) is 2. The SMILES string of the molecule is c1ccc(-c2cnc[nH]2)c(OCCC2CCCO2)c1. The van der Waals surface area contributed by atoms with E-state index in [2.05, 4.69) is 9.97 Å². The summed E-state index contributed by atoms with van der Waals surface area (Å²) < 4.78 is 11.5. The highest BCUT2D eigenvalue weighted by Crippen LogP contribution is 2.28. The van der Waals surface area contributed by atoms with Gasteiger partial charge in [-0.15, -0.1) is 0 Å². The minimum Gasteiger partial charge on any atom is -0.493 e. The molecule has 1 fully saturated rings. The molecule has 0 spiro atoms. The van der Waals surface area contributed by atoms with Crippen molar-refractivity contribution in [3.63, 3.8) is 0 Å². The first-order chi connectivity index (χ1) is 9.43. The maximum atomic E-state index is 5.90. The Labute approximate surface area is 112 Å². The van der Waals surface area contributed by atoms with Crippen molar-refractivity contribution in [2.24, 2.45) is 0 Å². The number of hydrogen-bond donors (Lipinski definition) is 1. The summed E-state index contributed by atoms with van der Waals surface area (Å²) in [5, 5.41) is 0. The molecule has 2 aromatic rings. The molecule has 4 heteroatoms. The third kappa shape index (κ3) is 2.96. The fourth-order valence-electron chi connectivity index (χ4n) is 2.39. The number of rotatable bonds is 5. The van der Waals surface area contributed by atoms with Crippen LogP contribution in [0.2, 0.25) is 0 Å². The number of aromatic nitrogens is 2. The average Bonchev–Trinajstić information content (AvgIpc) is 3.12. The Kier molecular flexibility index (Phi) is 3.79. The summed E-state index contributed by atoms with van der Waals surface area (Å²) in [6.45, 7) is 1.59. The second-order valence-corrected chi connectivity index (χ2v) is 4.73. The van der Waals surface area contributed by atoms with Gasteiger partial charge in [0.05, 0.1) is 30.9 Å². The van der Waals surface area contributed by atoms with Gasteiger partial charge in [-0.3, -0.25) is 0 Å². The second-order valence-electron chi connectivity index (χ2n) is 4.73. The van der Waals surface area contributed by atoms with E-state index in [0.717, 1.165) is 36.5 Å². The molecule has 1 aromatic carbocycles. The molecular weight excluding hydrogens is 240 g/mol. The molecule has 0 saturated carbocycles. The number of imidazole rings is 1. The van der Waals surface area contributed by atoms with Crippen molar-refractivity contribution in [3.8, 4) is 17.0 Å². The summed E-state index contributed by atoms with van der Waals surface area (Å²) >= 11 is 0. The molecule has 1 atom stereocenters. The summed E-state index contributed by atoms with van der Waals surface area (Å²) in [6.07, 6.45) is 7.15. The molecule has 1 unspecified atom stereocenters. The molecule has 1 N–H and O–H groups in total. The van der Waals surface area contributed by atoms with Gasteiger partial charge < -0.3 is 14.5 Å². The average molecular weight is 258 g/mol. The number of hydrogen-bond acceptors (Lipinski definition) is 3. The number of aromatic amines is 1.